The second kappa shape index (κ2) is 28.9. The van der Waals surface area contributed by atoms with Gasteiger partial charge in [0.1, 0.15) is 0 Å². The minimum Gasteiger partial charge on any atom is -0.310 e. The maximum Gasteiger partial charge on any atom is 0.252 e. The van der Waals surface area contributed by atoms with Crippen molar-refractivity contribution in [2.75, 3.05) is 9.80 Å². The summed E-state index contributed by atoms with van der Waals surface area (Å²) in [6.45, 7) is 61.1. The third kappa shape index (κ3) is 15.7. The van der Waals surface area contributed by atoms with Crippen LogP contribution in [-0.2, 0) is 59.6 Å². The molecular formula is C116H136BN3. The number of hydrogen-bond donors (Lipinski definition) is 0. The molecule has 15 rings (SSSR count). The van der Waals surface area contributed by atoms with Gasteiger partial charge in [0.25, 0.3) is 6.71 Å². The zero-order valence-electron chi connectivity index (χ0n) is 103. The Kier molecular flexibility index (Phi) is 14.0. The van der Waals surface area contributed by atoms with Crippen molar-refractivity contribution in [2.45, 2.75) is 288 Å². The van der Waals surface area contributed by atoms with Crippen molar-refractivity contribution in [3.63, 3.8) is 0 Å². The molecule has 2 aliphatic heterocycles. The molecule has 0 saturated carbocycles. The minimum atomic E-state index is -1.33. The van der Waals surface area contributed by atoms with E-state index in [1.807, 2.05) is 160 Å². The maximum atomic E-state index is 11.8. The highest BCUT2D eigenvalue weighted by molar-refractivity contribution is 7.00. The van der Waals surface area contributed by atoms with Gasteiger partial charge in [0, 0.05) is 61.5 Å². The Balaban J connectivity index is 1.36. The van der Waals surface area contributed by atoms with Crippen molar-refractivity contribution in [3.05, 3.63) is 285 Å². The summed E-state index contributed by atoms with van der Waals surface area (Å²) in [6.07, 6.45) is 0. The molecule has 0 amide bonds. The molecule has 0 spiro atoms. The fraction of sp³-hybridized carbons (Fsp3) is 0.379. The Hall–Kier alpha value is -9.90. The summed E-state index contributed by atoms with van der Waals surface area (Å²) >= 11 is 0. The van der Waals surface area contributed by atoms with Gasteiger partial charge in [0.05, 0.1) is 58.0 Å². The molecule has 12 aromatic carbocycles. The summed E-state index contributed by atoms with van der Waals surface area (Å²) < 4.78 is 277. The van der Waals surface area contributed by atoms with E-state index in [1.165, 1.54) is 4.57 Å². The molecule has 3 nitrogen and oxygen atoms in total. The van der Waals surface area contributed by atoms with Gasteiger partial charge in [-0.1, -0.05) is 386 Å². The predicted octanol–water partition coefficient (Wildman–Crippen LogP) is 31.5. The second-order valence-electron chi connectivity index (χ2n) is 44.8. The van der Waals surface area contributed by atoms with Crippen LogP contribution in [0.15, 0.2) is 224 Å². The first-order valence-corrected chi connectivity index (χ1v) is 42.5. The number of fused-ring (bicyclic) bond motifs is 7. The van der Waals surface area contributed by atoms with Crippen LogP contribution in [0.1, 0.15) is 325 Å². The van der Waals surface area contributed by atoms with E-state index in [0.717, 1.165) is 16.7 Å². The summed E-state index contributed by atoms with van der Waals surface area (Å²) in [5, 5.41) is -0.525. The molecule has 0 fully saturated rings. The van der Waals surface area contributed by atoms with Gasteiger partial charge in [-0.25, -0.2) is 0 Å². The first kappa shape index (κ1) is 58.2. The van der Waals surface area contributed by atoms with Crippen LogP contribution < -0.4 is 26.2 Å². The van der Waals surface area contributed by atoms with Gasteiger partial charge in [-0.2, -0.15) is 0 Å². The van der Waals surface area contributed by atoms with Crippen LogP contribution in [0.25, 0.3) is 83.1 Å². The molecule has 0 atom stereocenters. The molecule has 0 saturated heterocycles. The first-order chi connectivity index (χ1) is 66.4. The highest BCUT2D eigenvalue weighted by Crippen LogP contribution is 2.58. The molecule has 1 aromatic heterocycles. The Morgan fingerprint density at radius 3 is 1.06 bits per heavy atom. The number of nitrogens with zero attached hydrogens (tertiary/aromatic N) is 3. The van der Waals surface area contributed by atoms with Crippen LogP contribution in [0.3, 0.4) is 0 Å². The Morgan fingerprint density at radius 1 is 0.242 bits per heavy atom. The smallest absolute Gasteiger partial charge is 0.252 e. The number of benzene rings is 12. The van der Waals surface area contributed by atoms with Crippen LogP contribution in [0.2, 0.25) is 0 Å². The zero-order chi connectivity index (χ0) is 110. The summed E-state index contributed by atoms with van der Waals surface area (Å²) in [5.74, 6) is 0. The number of aromatic nitrogens is 1. The maximum absolute atomic E-state index is 11.8. The summed E-state index contributed by atoms with van der Waals surface area (Å²) in [6, 6.07) is 8.17. The van der Waals surface area contributed by atoms with Gasteiger partial charge >= 0.3 is 0 Å². The van der Waals surface area contributed by atoms with Crippen LogP contribution in [0.4, 0.5) is 34.1 Å². The molecule has 0 aliphatic carbocycles. The molecule has 4 heteroatoms. The molecule has 0 N–H and O–H groups in total. The molecule has 120 heavy (non-hydrogen) atoms. The second-order valence-corrected chi connectivity index (χ2v) is 44.8. The minimum absolute atomic E-state index is 0.00781. The van der Waals surface area contributed by atoms with Crippen molar-refractivity contribution in [3.8, 4) is 61.3 Å². The normalized spacial score (nSPS) is 17.0. The van der Waals surface area contributed by atoms with E-state index in [-0.39, 0.29) is 181 Å². The highest BCUT2D eigenvalue weighted by atomic mass is 15.2. The predicted molar refractivity (Wildman–Crippen MR) is 528 cm³/mol. The summed E-state index contributed by atoms with van der Waals surface area (Å²) in [5.41, 5.74) is -8.31. The molecule has 2 aliphatic rings. The quantitative estimate of drug-likeness (QED) is 0.141. The fourth-order valence-electron chi connectivity index (χ4n) is 16.0. The van der Waals surface area contributed by atoms with Crippen molar-refractivity contribution < 1.29 is 35.6 Å². The third-order valence-corrected chi connectivity index (χ3v) is 23.4. The van der Waals surface area contributed by atoms with Crippen molar-refractivity contribution in [1.29, 1.82) is 0 Å². The fourth-order valence-corrected chi connectivity index (χ4v) is 16.0. The van der Waals surface area contributed by atoms with Gasteiger partial charge in [-0.3, -0.25) is 0 Å². The van der Waals surface area contributed by atoms with E-state index in [9.17, 15) is 35.6 Å². The Labute approximate surface area is 760 Å². The van der Waals surface area contributed by atoms with E-state index >= 15 is 0 Å². The average Bonchev–Trinajstić information content (AvgIpc) is 0.780. The van der Waals surface area contributed by atoms with E-state index in [1.54, 1.807) is 85.4 Å². The van der Waals surface area contributed by atoms with E-state index < -0.39 is 199 Å². The number of rotatable bonds is 8. The summed E-state index contributed by atoms with van der Waals surface area (Å²) in [7, 11) is 0. The van der Waals surface area contributed by atoms with Gasteiger partial charge in [-0.15, -0.1) is 0 Å². The summed E-state index contributed by atoms with van der Waals surface area (Å²) in [4.78, 5) is 3.58. The molecule has 0 bridgehead atoms. The topological polar surface area (TPSA) is 11.4 Å². The SMILES string of the molecule is [2H]c1c([2H])c(C(C)(C)C)c([2H])c([2H])c1-c1c([2H])c(C(C)(C)C)c([2H])c(-c2c([2H])c(C(C)(C)C)c([2H])c(C(C)(C)C)c2[2H])c1N1c2ccc(-c3cc(C(C)(C)C)cc(C(C)(C)C)c3)cc2B2c3ccc(-n4c5c([2H])c([2H])c([2H])c([2H])c5c5c([2H])c([2H])c([2H])c([2H])c54)cc3N(c3c(-c4c([2H])c([2H])c(C(C)(C)C)c([2H])c4[2H])c([2H])c(C(C)(C)C)c([2H])c3-c3c([2H])c([2H])c(C(C)(C)C)c([2H])c3C(C)(C)C)c3cc(C(C)(C)C)cc1c32. The van der Waals surface area contributed by atoms with Crippen LogP contribution >= 0.6 is 0 Å². The molecule has 0 unspecified atom stereocenters. The lowest BCUT2D eigenvalue weighted by Crippen LogP contribution is -2.61. The lowest BCUT2D eigenvalue weighted by molar-refractivity contribution is 0.568. The van der Waals surface area contributed by atoms with Crippen molar-refractivity contribution in [2.24, 2.45) is 0 Å². The molecule has 0 radical (unpaired) electrons. The third-order valence-electron chi connectivity index (χ3n) is 23.4. The number of anilines is 6. The monoisotopic (exact) mass is 1610 g/mol. The standard InChI is InChI=1S/C116H136BN3/c1-106(2,3)76-47-42-71(43-48-76)90-63-83(113(22,23)24)65-92(75-58-81(111(16,17)18)62-82(59-75)112(19,20)21)104(90)119-99-55-46-73(74-56-79(109(10,11)12)61-80(57-74)110(13,14)15)60-96(99)117-95-54-52-86(118-97-40-36-34-38-88(97)89-39-35-37-41-98(89)118)70-100(95)120(102-69-85(115(28,29)30)68-101(119)103(102)117)105-91(72-44-49-77(50-45-72)107(4,5)6)64-84(114(25,26)27)66-93(105)87-53-51-78(108(7,8)9)67-94(87)116(31,32)33/h34-70H,1-33H3/i34D,35D,36D,37D,38D,39D,40D,41D,42D,43D,44D,45D,47D,48D,49D,50D,51D,53D,58D,59D,62D,63D,64D,65D,66D,67D. The van der Waals surface area contributed by atoms with E-state index in [0.29, 0.717) is 22.1 Å². The molecule has 13 aromatic rings. The van der Waals surface area contributed by atoms with Gasteiger partial charge in [-0.05, 0) is 237 Å². The van der Waals surface area contributed by atoms with E-state index in [2.05, 4.69) is 59.7 Å². The highest BCUT2D eigenvalue weighted by Gasteiger charge is 2.48. The molecule has 3 heterocycles. The Bertz CT molecular complexity index is 7660. The van der Waals surface area contributed by atoms with E-state index in [4.69, 9.17) is 0 Å². The molecular weight excluding hydrogens is 1450 g/mol. The first-order valence-electron chi connectivity index (χ1n) is 55.5. The average molecular weight is 1610 g/mol. The van der Waals surface area contributed by atoms with Gasteiger partial charge in [0.2, 0.25) is 0 Å². The van der Waals surface area contributed by atoms with Crippen molar-refractivity contribution in [1.82, 2.24) is 4.57 Å². The van der Waals surface area contributed by atoms with Crippen LogP contribution in [0, 0.1) is 0 Å². The van der Waals surface area contributed by atoms with Crippen LogP contribution in [0.5, 0.6) is 0 Å². The van der Waals surface area contributed by atoms with Gasteiger partial charge in [0.15, 0.2) is 0 Å². The number of hydrogen-bond acceptors (Lipinski definition) is 2. The largest absolute Gasteiger partial charge is 0.310 e. The zero-order valence-corrected chi connectivity index (χ0v) is 77.3. The molecule has 618 valence electrons. The Morgan fingerprint density at radius 2 is 0.625 bits per heavy atom. The number of para-hydroxylation sites is 2. The van der Waals surface area contributed by atoms with Crippen molar-refractivity contribution >= 4 is 79.0 Å². The van der Waals surface area contributed by atoms with Gasteiger partial charge < -0.3 is 14.4 Å². The lowest BCUT2D eigenvalue weighted by Gasteiger charge is -2.47. The van der Waals surface area contributed by atoms with Crippen LogP contribution in [-0.4, -0.2) is 11.3 Å². The lowest BCUT2D eigenvalue weighted by atomic mass is 9.33.